The fourth-order valence-corrected chi connectivity index (χ4v) is 13.3. The Kier molecular flexibility index (Phi) is 33.7. The molecule has 3 heterocycles. The lowest BCUT2D eigenvalue weighted by Crippen LogP contribution is -2.28. The Morgan fingerprint density at radius 2 is 0.802 bits per heavy atom. The molecule has 0 aliphatic carbocycles. The summed E-state index contributed by atoms with van der Waals surface area (Å²) >= 11 is 42.3. The molecule has 0 radical (unpaired) electrons. The predicted molar refractivity (Wildman–Crippen MR) is 477 cm³/mol. The number of aromatic amines is 1. The summed E-state index contributed by atoms with van der Waals surface area (Å²) in [6, 6.07) is 42.9. The molecule has 8 N–H and O–H groups in total. The molecule has 28 heteroatoms. The third kappa shape index (κ3) is 21.5. The van der Waals surface area contributed by atoms with Gasteiger partial charge in [0.15, 0.2) is 0 Å². The number of imidazole rings is 2. The van der Waals surface area contributed by atoms with Crippen LogP contribution < -0.4 is 37.9 Å². The van der Waals surface area contributed by atoms with Gasteiger partial charge in [0.2, 0.25) is 11.9 Å². The van der Waals surface area contributed by atoms with Crippen molar-refractivity contribution >= 4 is 183 Å². The average Bonchev–Trinajstić information content (AvgIpc) is 1.56. The molecule has 0 aliphatic heterocycles. The first-order chi connectivity index (χ1) is 54.3. The van der Waals surface area contributed by atoms with Crippen LogP contribution in [0.3, 0.4) is 0 Å². The normalized spacial score (nSPS) is 10.7. The fourth-order valence-electron chi connectivity index (χ4n) is 11.6. The molecular weight excluding hydrogens is 1610 g/mol. The van der Waals surface area contributed by atoms with Crippen molar-refractivity contribution in [2.24, 2.45) is 20.0 Å². The first kappa shape index (κ1) is 95.5. The minimum Gasteiger partial charge on any atom is -0.397 e. The summed E-state index contributed by atoms with van der Waals surface area (Å²) in [4.78, 5) is 70.3. The van der Waals surface area contributed by atoms with Crippen molar-refractivity contribution in [3.05, 3.63) is 227 Å². The Morgan fingerprint density at radius 3 is 1.19 bits per heavy atom. The number of para-hydroxylation sites is 2. The number of hydrogen-bond acceptors (Lipinski definition) is 18. The van der Waals surface area contributed by atoms with Gasteiger partial charge in [0.25, 0.3) is 5.56 Å². The molecule has 0 fully saturated rings. The molecule has 0 bridgehead atoms. The van der Waals surface area contributed by atoms with Gasteiger partial charge in [-0.15, -0.1) is 0 Å². The van der Waals surface area contributed by atoms with E-state index in [-0.39, 0.29) is 34.6 Å². The third-order valence-electron chi connectivity index (χ3n) is 20.0. The number of H-pyrrole nitrogens is 1. The lowest BCUT2D eigenvalue weighted by molar-refractivity contribution is -0.122. The number of anilines is 8. The number of Topliss-reactive ketones (excluding diaryl/α,β-unsaturated/α-hetero) is 4. The second kappa shape index (κ2) is 40.9. The van der Waals surface area contributed by atoms with E-state index >= 15 is 0 Å². The van der Waals surface area contributed by atoms with E-state index in [1.165, 1.54) is 13.8 Å². The van der Waals surface area contributed by atoms with Crippen LogP contribution in [0.15, 0.2) is 114 Å². The number of nitrogen functional groups attached to an aromatic ring is 1. The van der Waals surface area contributed by atoms with E-state index in [9.17, 15) is 39.8 Å². The maximum Gasteiger partial charge on any atom is 0.258 e. The Labute approximate surface area is 712 Å². The maximum absolute atomic E-state index is 12.6. The summed E-state index contributed by atoms with van der Waals surface area (Å²) in [6.07, 6.45) is 0. The number of nitrogens with zero attached hydrogens (tertiary/aromatic N) is 9. The van der Waals surface area contributed by atoms with E-state index in [0.717, 1.165) is 61.3 Å². The highest BCUT2D eigenvalue weighted by Gasteiger charge is 2.34. The zero-order chi connectivity index (χ0) is 87.7. The Hall–Kier alpha value is -11.1. The van der Waals surface area contributed by atoms with Crippen molar-refractivity contribution in [2.75, 3.05) is 53.5 Å². The molecule has 21 nitrogen and oxygen atoms in total. The molecule has 0 amide bonds. The predicted octanol–water partition coefficient (Wildman–Crippen LogP) is 22.2. The number of aromatic nitrogens is 5. The van der Waals surface area contributed by atoms with Gasteiger partial charge in [0, 0.05) is 63.1 Å². The van der Waals surface area contributed by atoms with Crippen LogP contribution >= 0.6 is 81.2 Å². The Morgan fingerprint density at radius 1 is 0.457 bits per heavy atom. The van der Waals surface area contributed by atoms with Gasteiger partial charge >= 0.3 is 0 Å². The molecule has 11 rings (SSSR count). The molecule has 8 aromatic carbocycles. The van der Waals surface area contributed by atoms with Gasteiger partial charge in [-0.25, -0.2) is 9.97 Å². The number of rotatable bonds is 14. The number of ketones is 4. The van der Waals surface area contributed by atoms with Crippen LogP contribution in [0.4, 0.5) is 46.0 Å². The minimum absolute atomic E-state index is 0.0123. The summed E-state index contributed by atoms with van der Waals surface area (Å²) in [7, 11) is 8.93. The number of nitrogens with two attached hydrogens (primary N) is 1. The van der Waals surface area contributed by atoms with E-state index < -0.39 is 16.2 Å². The molecule has 3 aromatic heterocycles. The lowest BCUT2D eigenvalue weighted by atomic mass is 9.78. The number of carbonyl (C=O) groups is 4. The first-order valence-electron chi connectivity index (χ1n) is 36.1. The van der Waals surface area contributed by atoms with Crippen molar-refractivity contribution < 1.29 is 19.2 Å². The standard InChI is InChI=1S/C20H18Cl2N4O.C19H16Cl2N4O.C14H18N2O.C13H17N3O.C9H9ClN2.C8H5Cl2N.C5H10O/c1-11(27)20(2,3)13-8-9-16-18(12(13)10-23)26(4)19(24-16)25-17-14(21)6-5-7-15(17)22;1-9-10(2)22-18(26)15-11(9)7-8-14-17(15)25(3)19(23-14)24-16-12(20)5-4-6-13(16)21;1-9-6-7-12(14(3,4)10(2)17)11(8-15)13(9)16-5;1-8(17)13(2,3)10-5-6-11(15)12(16-4)9(10)7-14;1-6-3-4-8(10)7(5-11)9(6)12-2;1-5-2-3-7(9)6(4-11)8(5)10;1-4(2)5(3)6/h5-9H,1-4H3,(H,24,25);4-8H,1-3H3,(H,22,26)(H,23,24);6-7,16H,1-5H3;5-6,16H,15H2,1-4H3;3-4,12H,1-2H3;2-3H,1H3;4H,1-3H3. The van der Waals surface area contributed by atoms with Crippen molar-refractivity contribution in [1.29, 1.82) is 26.3 Å². The molecule has 604 valence electrons. The minimum atomic E-state index is -0.775. The highest BCUT2D eigenvalue weighted by molar-refractivity contribution is 6.40. The molecule has 0 saturated heterocycles. The summed E-state index contributed by atoms with van der Waals surface area (Å²) in [5.74, 6) is 1.58. The summed E-state index contributed by atoms with van der Waals surface area (Å²) in [5, 5.41) is 65.8. The van der Waals surface area contributed by atoms with Gasteiger partial charge in [-0.1, -0.05) is 150 Å². The van der Waals surface area contributed by atoms with E-state index in [2.05, 4.69) is 65.8 Å². The van der Waals surface area contributed by atoms with Crippen LogP contribution in [0.25, 0.3) is 32.8 Å². The van der Waals surface area contributed by atoms with Crippen molar-refractivity contribution in [3.63, 3.8) is 0 Å². The molecule has 0 unspecified atom stereocenters. The second-order valence-corrected chi connectivity index (χ2v) is 31.6. The van der Waals surface area contributed by atoms with Crippen LogP contribution in [0, 0.1) is 97.2 Å². The number of halogens is 7. The van der Waals surface area contributed by atoms with Crippen LogP contribution in [-0.4, -0.2) is 68.4 Å². The number of fused-ring (bicyclic) bond motifs is 4. The maximum atomic E-state index is 12.6. The summed E-state index contributed by atoms with van der Waals surface area (Å²) < 4.78 is 3.62. The lowest BCUT2D eigenvalue weighted by Gasteiger charge is -2.24. The van der Waals surface area contributed by atoms with Gasteiger partial charge in [0.05, 0.1) is 125 Å². The number of carbonyl (C=O) groups excluding carboxylic acids is 4. The van der Waals surface area contributed by atoms with Gasteiger partial charge in [-0.05, 0) is 203 Å². The largest absolute Gasteiger partial charge is 0.397 e. The van der Waals surface area contributed by atoms with Gasteiger partial charge in [0.1, 0.15) is 53.5 Å². The van der Waals surface area contributed by atoms with E-state index in [0.29, 0.717) is 125 Å². The number of hydrogen-bond donors (Lipinski definition) is 7. The second-order valence-electron chi connectivity index (χ2n) is 28.8. The van der Waals surface area contributed by atoms with Gasteiger partial charge < -0.3 is 46.4 Å². The molecule has 0 atom stereocenters. The average molecular weight is 1700 g/mol. The van der Waals surface area contributed by atoms with Gasteiger partial charge in [-0.2, -0.15) is 26.3 Å². The molecule has 116 heavy (non-hydrogen) atoms. The van der Waals surface area contributed by atoms with Crippen LogP contribution in [0.2, 0.25) is 35.2 Å². The highest BCUT2D eigenvalue weighted by atomic mass is 35.5. The number of aryl methyl sites for hydroxylation is 7. The van der Waals surface area contributed by atoms with Crippen LogP contribution in [-0.2, 0) is 49.5 Å². The SMILES string of the molecule is CC(=O)C(C)(C)c1ccc2nc(Nc3c(Cl)cccc3Cl)n(C)c2c1C#N.CC(=O)C(C)C.CNc1c(C)ccc(C(C)(C)C(C)=O)c1C#N.CNc1c(C)ccc(Cl)c1C#N.CNc1c(N)ccc(C(C)(C)C(C)=O)c1C#N.Cc1[nH]c(=O)c2c(ccc3nc(Nc4c(Cl)cccc4Cl)n(C)c32)c1C.Cc1ccc(Cl)c(C#N)c1Cl. The summed E-state index contributed by atoms with van der Waals surface area (Å²) in [6.45, 7) is 30.5. The quantitative estimate of drug-likeness (QED) is 0.0497. The summed E-state index contributed by atoms with van der Waals surface area (Å²) in [5.41, 5.74) is 19.4. The number of pyridine rings is 1. The van der Waals surface area contributed by atoms with Crippen LogP contribution in [0.5, 0.6) is 0 Å². The molecule has 0 spiro atoms. The third-order valence-corrected chi connectivity index (χ3v) is 22.4. The number of nitrogens with one attached hydrogen (secondary N) is 6. The Balaban J connectivity index is 0.000000251. The zero-order valence-electron chi connectivity index (χ0n) is 68.8. The van der Waals surface area contributed by atoms with Crippen LogP contribution in [0.1, 0.15) is 156 Å². The topological polar surface area (TPSA) is 342 Å². The van der Waals surface area contributed by atoms with E-state index in [1.807, 2.05) is 130 Å². The monoisotopic (exact) mass is 1700 g/mol. The van der Waals surface area contributed by atoms with Crippen molar-refractivity contribution in [3.8, 4) is 30.3 Å². The van der Waals surface area contributed by atoms with Crippen molar-refractivity contribution in [1.82, 2.24) is 24.1 Å². The molecule has 0 saturated carbocycles. The Bertz CT molecular complexity index is 5770. The molecular formula is C88H93Cl7N16O5. The number of nitriles is 5. The fraction of sp³-hybridized carbons (Fsp3) is 0.295. The van der Waals surface area contributed by atoms with Crippen molar-refractivity contribution in [2.45, 2.75) is 134 Å². The smallest absolute Gasteiger partial charge is 0.258 e. The first-order valence-corrected chi connectivity index (χ1v) is 38.7. The highest BCUT2D eigenvalue weighted by Crippen LogP contribution is 2.40. The van der Waals surface area contributed by atoms with E-state index in [1.54, 1.807) is 133 Å². The zero-order valence-corrected chi connectivity index (χ0v) is 74.1. The molecule has 11 aromatic rings. The van der Waals surface area contributed by atoms with E-state index in [4.69, 9.17) is 97.5 Å². The number of benzene rings is 8. The molecule has 0 aliphatic rings. The van der Waals surface area contributed by atoms with Gasteiger partial charge in [-0.3, -0.25) is 24.0 Å².